The lowest BCUT2D eigenvalue weighted by atomic mass is 10.0. The molecule has 170 valence electrons. The summed E-state index contributed by atoms with van der Waals surface area (Å²) in [6.45, 7) is 8.82. The van der Waals surface area contributed by atoms with Gasteiger partial charge in [0.05, 0.1) is 5.69 Å². The van der Waals surface area contributed by atoms with E-state index in [9.17, 15) is 9.59 Å². The Labute approximate surface area is 198 Å². The first kappa shape index (κ1) is 22.9. The van der Waals surface area contributed by atoms with E-state index in [0.717, 1.165) is 33.4 Å². The topological polar surface area (TPSA) is 74.3 Å². The molecule has 0 saturated heterocycles. The standard InChI is InChI=1S/C26H28N4O2S/c1-16(2)19-8-10-21(11-9-19)28-24(31)20-6-5-7-22(15-20)29-26(32)30-12-13-33-25-23(30)17(3)14-18(4)27-25/h5-11,14-16H,12-13H2,1-4H3,(H,28,31)(H,29,32). The first-order valence-corrected chi connectivity index (χ1v) is 12.0. The van der Waals surface area contributed by atoms with Crippen LogP contribution in [0.3, 0.4) is 0 Å². The first-order valence-electron chi connectivity index (χ1n) is 11.0. The predicted molar refractivity (Wildman–Crippen MR) is 136 cm³/mol. The quantitative estimate of drug-likeness (QED) is 0.485. The number of hydrogen-bond acceptors (Lipinski definition) is 4. The van der Waals surface area contributed by atoms with E-state index >= 15 is 0 Å². The van der Waals surface area contributed by atoms with Gasteiger partial charge in [-0.3, -0.25) is 9.69 Å². The minimum atomic E-state index is -0.230. The number of pyridine rings is 1. The molecule has 3 amide bonds. The van der Waals surface area contributed by atoms with Gasteiger partial charge in [0.15, 0.2) is 0 Å². The number of nitrogens with zero attached hydrogens (tertiary/aromatic N) is 2. The number of aromatic nitrogens is 1. The second kappa shape index (κ2) is 9.67. The van der Waals surface area contributed by atoms with Crippen molar-refractivity contribution >= 4 is 40.8 Å². The van der Waals surface area contributed by atoms with E-state index in [2.05, 4.69) is 29.5 Å². The third-order valence-corrected chi connectivity index (χ3v) is 6.50. The number of carbonyl (C=O) groups excluding carboxylic acids is 2. The van der Waals surface area contributed by atoms with Crippen molar-refractivity contribution < 1.29 is 9.59 Å². The van der Waals surface area contributed by atoms with Crippen LogP contribution in [-0.4, -0.2) is 29.2 Å². The molecule has 6 nitrogen and oxygen atoms in total. The van der Waals surface area contributed by atoms with Gasteiger partial charge in [-0.15, -0.1) is 11.8 Å². The molecule has 0 spiro atoms. The van der Waals surface area contributed by atoms with Crippen molar-refractivity contribution in [3.05, 3.63) is 77.0 Å². The van der Waals surface area contributed by atoms with Crippen LogP contribution in [0.25, 0.3) is 0 Å². The Morgan fingerprint density at radius 2 is 1.76 bits per heavy atom. The molecular weight excluding hydrogens is 432 g/mol. The highest BCUT2D eigenvalue weighted by atomic mass is 32.2. The molecule has 7 heteroatoms. The van der Waals surface area contributed by atoms with E-state index in [1.54, 1.807) is 40.9 Å². The van der Waals surface area contributed by atoms with Gasteiger partial charge in [0.2, 0.25) is 0 Å². The molecule has 0 atom stereocenters. The Morgan fingerprint density at radius 3 is 2.48 bits per heavy atom. The molecule has 33 heavy (non-hydrogen) atoms. The van der Waals surface area contributed by atoms with Crippen molar-refractivity contribution in [3.8, 4) is 0 Å². The zero-order valence-corrected chi connectivity index (χ0v) is 20.1. The van der Waals surface area contributed by atoms with Crippen molar-refractivity contribution in [2.75, 3.05) is 27.8 Å². The summed E-state index contributed by atoms with van der Waals surface area (Å²) in [7, 11) is 0. The molecule has 2 aromatic carbocycles. The number of aryl methyl sites for hydroxylation is 2. The van der Waals surface area contributed by atoms with Crippen molar-refractivity contribution in [2.24, 2.45) is 0 Å². The fraction of sp³-hybridized carbons (Fsp3) is 0.269. The number of urea groups is 1. The minimum Gasteiger partial charge on any atom is -0.322 e. The Kier molecular flexibility index (Phi) is 6.70. The Hall–Kier alpha value is -3.32. The maximum atomic E-state index is 13.1. The number of amides is 3. The van der Waals surface area contributed by atoms with Crippen LogP contribution in [0.15, 0.2) is 59.6 Å². The summed E-state index contributed by atoms with van der Waals surface area (Å²) in [5.74, 6) is 0.997. The van der Waals surface area contributed by atoms with Gasteiger partial charge in [-0.25, -0.2) is 9.78 Å². The van der Waals surface area contributed by atoms with Crippen molar-refractivity contribution in [1.82, 2.24) is 4.98 Å². The maximum Gasteiger partial charge on any atom is 0.326 e. The average molecular weight is 461 g/mol. The SMILES string of the molecule is Cc1cc(C)c2c(n1)SCCN2C(=O)Nc1cccc(C(=O)Nc2ccc(C(C)C)cc2)c1. The van der Waals surface area contributed by atoms with Crippen LogP contribution in [0.2, 0.25) is 0 Å². The highest BCUT2D eigenvalue weighted by molar-refractivity contribution is 7.99. The lowest BCUT2D eigenvalue weighted by molar-refractivity contribution is 0.102. The fourth-order valence-electron chi connectivity index (χ4n) is 3.86. The number of thioether (sulfide) groups is 1. The molecule has 2 heterocycles. The third-order valence-electron chi connectivity index (χ3n) is 5.56. The van der Waals surface area contributed by atoms with E-state index < -0.39 is 0 Å². The molecule has 1 aliphatic heterocycles. The summed E-state index contributed by atoms with van der Waals surface area (Å²) >= 11 is 1.67. The summed E-state index contributed by atoms with van der Waals surface area (Å²) in [6.07, 6.45) is 0. The highest BCUT2D eigenvalue weighted by Crippen LogP contribution is 2.36. The molecule has 2 N–H and O–H groups in total. The van der Waals surface area contributed by atoms with Gasteiger partial charge < -0.3 is 10.6 Å². The van der Waals surface area contributed by atoms with E-state index in [0.29, 0.717) is 23.7 Å². The maximum absolute atomic E-state index is 13.1. The zero-order valence-electron chi connectivity index (χ0n) is 19.3. The zero-order chi connectivity index (χ0) is 23.5. The number of rotatable bonds is 4. The lowest BCUT2D eigenvalue weighted by Gasteiger charge is -2.30. The third kappa shape index (κ3) is 5.20. The number of benzene rings is 2. The molecule has 1 aromatic heterocycles. The Bertz CT molecular complexity index is 1190. The number of hydrogen-bond donors (Lipinski definition) is 2. The summed E-state index contributed by atoms with van der Waals surface area (Å²) in [5, 5.41) is 6.74. The number of fused-ring (bicyclic) bond motifs is 1. The molecule has 0 fully saturated rings. The summed E-state index contributed by atoms with van der Waals surface area (Å²) in [5.41, 5.74) is 5.82. The molecule has 1 aliphatic rings. The van der Waals surface area contributed by atoms with Crippen molar-refractivity contribution in [3.63, 3.8) is 0 Å². The summed E-state index contributed by atoms with van der Waals surface area (Å²) in [4.78, 5) is 32.2. The molecule has 0 bridgehead atoms. The van der Waals surface area contributed by atoms with Gasteiger partial charge in [-0.2, -0.15) is 0 Å². The van der Waals surface area contributed by atoms with Gasteiger partial charge >= 0.3 is 6.03 Å². The second-order valence-corrected chi connectivity index (χ2v) is 9.56. The predicted octanol–water partition coefficient (Wildman–Crippen LogP) is 6.22. The number of anilines is 3. The second-order valence-electron chi connectivity index (χ2n) is 8.48. The van der Waals surface area contributed by atoms with Crippen LogP contribution < -0.4 is 15.5 Å². The van der Waals surface area contributed by atoms with Crippen LogP contribution in [0.1, 0.15) is 46.9 Å². The average Bonchev–Trinajstić information content (AvgIpc) is 2.79. The van der Waals surface area contributed by atoms with E-state index in [1.807, 2.05) is 44.2 Å². The van der Waals surface area contributed by atoms with Gasteiger partial charge in [0.25, 0.3) is 5.91 Å². The molecule has 0 unspecified atom stereocenters. The van der Waals surface area contributed by atoms with E-state index in [1.165, 1.54) is 5.56 Å². The van der Waals surface area contributed by atoms with Crippen LogP contribution in [-0.2, 0) is 0 Å². The van der Waals surface area contributed by atoms with Crippen LogP contribution in [0, 0.1) is 13.8 Å². The van der Waals surface area contributed by atoms with Gasteiger partial charge in [0.1, 0.15) is 5.03 Å². The van der Waals surface area contributed by atoms with Crippen LogP contribution in [0.4, 0.5) is 21.9 Å². The lowest BCUT2D eigenvalue weighted by Crippen LogP contribution is -2.39. The normalized spacial score (nSPS) is 12.9. The fourth-order valence-corrected chi connectivity index (χ4v) is 4.94. The van der Waals surface area contributed by atoms with Crippen LogP contribution >= 0.6 is 11.8 Å². The van der Waals surface area contributed by atoms with E-state index in [-0.39, 0.29) is 11.9 Å². The van der Waals surface area contributed by atoms with Crippen LogP contribution in [0.5, 0.6) is 0 Å². The smallest absolute Gasteiger partial charge is 0.322 e. The van der Waals surface area contributed by atoms with Gasteiger partial charge in [-0.1, -0.05) is 32.0 Å². The molecule has 0 radical (unpaired) electrons. The van der Waals surface area contributed by atoms with Gasteiger partial charge in [0, 0.05) is 34.9 Å². The summed E-state index contributed by atoms with van der Waals surface area (Å²) < 4.78 is 0. The number of carbonyl (C=O) groups is 2. The van der Waals surface area contributed by atoms with E-state index in [4.69, 9.17) is 0 Å². The monoisotopic (exact) mass is 460 g/mol. The van der Waals surface area contributed by atoms with Crippen molar-refractivity contribution in [1.29, 1.82) is 0 Å². The van der Waals surface area contributed by atoms with Gasteiger partial charge in [-0.05, 0) is 67.3 Å². The highest BCUT2D eigenvalue weighted by Gasteiger charge is 2.26. The van der Waals surface area contributed by atoms with Crippen molar-refractivity contribution in [2.45, 2.75) is 38.6 Å². The molecule has 0 aliphatic carbocycles. The summed E-state index contributed by atoms with van der Waals surface area (Å²) in [6, 6.07) is 16.6. The first-order chi connectivity index (χ1) is 15.8. The Balaban J connectivity index is 1.47. The molecule has 3 aromatic rings. The molecular formula is C26H28N4O2S. The molecule has 0 saturated carbocycles. The minimum absolute atomic E-state index is 0.223. The number of nitrogens with one attached hydrogen (secondary N) is 2. The molecule has 4 rings (SSSR count). The largest absolute Gasteiger partial charge is 0.326 e. The Morgan fingerprint density at radius 1 is 1.00 bits per heavy atom.